The van der Waals surface area contributed by atoms with Crippen LogP contribution in [0.3, 0.4) is 0 Å². The van der Waals surface area contributed by atoms with Crippen LogP contribution < -0.4 is 10.6 Å². The highest BCUT2D eigenvalue weighted by atomic mass is 32.2. The number of hydrogen-bond acceptors (Lipinski definition) is 4. The Morgan fingerprint density at radius 3 is 2.94 bits per heavy atom. The van der Waals surface area contributed by atoms with Crippen LogP contribution in [0, 0.1) is 0 Å². The number of amides is 1. The number of nitrogens with zero attached hydrogens (tertiary/aromatic N) is 1. The Morgan fingerprint density at radius 2 is 2.28 bits per heavy atom. The van der Waals surface area contributed by atoms with Gasteiger partial charge in [0, 0.05) is 4.90 Å². The third kappa shape index (κ3) is 2.65. The quantitative estimate of drug-likeness (QED) is 0.838. The number of carbonyl (C=O) groups excluding carboxylic acids is 1. The van der Waals surface area contributed by atoms with Crippen molar-refractivity contribution >= 4 is 29.3 Å². The predicted molar refractivity (Wildman–Crippen MR) is 69.9 cm³/mol. The Hall–Kier alpha value is -1.53. The molecule has 0 bridgehead atoms. The molecule has 2 rings (SSSR count). The molecule has 0 fully saturated rings. The number of rotatable bonds is 4. The summed E-state index contributed by atoms with van der Waals surface area (Å²) in [4.78, 5) is 24.9. The number of carbonyl (C=O) groups is 2. The Bertz CT molecular complexity index is 490. The third-order valence-electron chi connectivity index (χ3n) is 2.69. The number of fused-ring (bicyclic) bond motifs is 1. The van der Waals surface area contributed by atoms with Crippen molar-refractivity contribution in [1.82, 2.24) is 0 Å². The van der Waals surface area contributed by atoms with Gasteiger partial charge in [0.2, 0.25) is 5.91 Å². The molecule has 18 heavy (non-hydrogen) atoms. The molecule has 0 saturated heterocycles. The minimum absolute atomic E-state index is 0.167. The minimum atomic E-state index is -1.01. The van der Waals surface area contributed by atoms with Gasteiger partial charge >= 0.3 is 5.97 Å². The summed E-state index contributed by atoms with van der Waals surface area (Å²) in [5.41, 5.74) is 7.20. The number of benzene rings is 1. The van der Waals surface area contributed by atoms with Gasteiger partial charge in [0.15, 0.2) is 0 Å². The SMILES string of the molecule is NCCc1ccc2c(c1)N(CC(=O)O)C(=O)CS2. The molecule has 0 aliphatic carbocycles. The van der Waals surface area contributed by atoms with Gasteiger partial charge in [-0.1, -0.05) is 6.07 Å². The Balaban J connectivity index is 2.36. The largest absolute Gasteiger partial charge is 0.480 e. The minimum Gasteiger partial charge on any atom is -0.480 e. The van der Waals surface area contributed by atoms with Gasteiger partial charge in [-0.3, -0.25) is 14.5 Å². The van der Waals surface area contributed by atoms with E-state index in [1.54, 1.807) is 0 Å². The van der Waals surface area contributed by atoms with Crippen LogP contribution >= 0.6 is 11.8 Å². The average Bonchev–Trinajstić information content (AvgIpc) is 2.33. The van der Waals surface area contributed by atoms with Gasteiger partial charge in [-0.2, -0.15) is 0 Å². The Kier molecular flexibility index (Phi) is 3.88. The van der Waals surface area contributed by atoms with Crippen LogP contribution in [-0.2, 0) is 16.0 Å². The molecule has 0 spiro atoms. The van der Waals surface area contributed by atoms with Crippen LogP contribution in [0.5, 0.6) is 0 Å². The smallest absolute Gasteiger partial charge is 0.323 e. The standard InChI is InChI=1S/C12H14N2O3S/c13-4-3-8-1-2-10-9(5-8)14(6-12(16)17)11(15)7-18-10/h1-2,5H,3-4,6-7,13H2,(H,16,17). The van der Waals surface area contributed by atoms with E-state index in [1.807, 2.05) is 18.2 Å². The molecule has 0 radical (unpaired) electrons. The van der Waals surface area contributed by atoms with E-state index >= 15 is 0 Å². The number of carboxylic acids is 1. The van der Waals surface area contributed by atoms with Gasteiger partial charge < -0.3 is 10.8 Å². The van der Waals surface area contributed by atoms with Crippen molar-refractivity contribution < 1.29 is 14.7 Å². The lowest BCUT2D eigenvalue weighted by molar-refractivity contribution is -0.136. The van der Waals surface area contributed by atoms with Gasteiger partial charge in [0.25, 0.3) is 0 Å². The molecular formula is C12H14N2O3S. The highest BCUT2D eigenvalue weighted by Crippen LogP contribution is 2.35. The van der Waals surface area contributed by atoms with Gasteiger partial charge in [-0.05, 0) is 30.7 Å². The van der Waals surface area contributed by atoms with E-state index in [4.69, 9.17) is 10.8 Å². The normalized spacial score (nSPS) is 14.5. The number of anilines is 1. The fraction of sp³-hybridized carbons (Fsp3) is 0.333. The average molecular weight is 266 g/mol. The Labute approximate surface area is 109 Å². The number of hydrogen-bond donors (Lipinski definition) is 2. The van der Waals surface area contributed by atoms with E-state index in [0.29, 0.717) is 18.7 Å². The van der Waals surface area contributed by atoms with Crippen molar-refractivity contribution in [2.75, 3.05) is 23.7 Å². The van der Waals surface area contributed by atoms with Crippen molar-refractivity contribution in [1.29, 1.82) is 0 Å². The lowest BCUT2D eigenvalue weighted by Gasteiger charge is -2.28. The highest BCUT2D eigenvalue weighted by Gasteiger charge is 2.26. The van der Waals surface area contributed by atoms with Crippen molar-refractivity contribution in [3.8, 4) is 0 Å². The molecule has 0 atom stereocenters. The summed E-state index contributed by atoms with van der Waals surface area (Å²) in [5.74, 6) is -0.888. The van der Waals surface area contributed by atoms with Gasteiger partial charge in [-0.25, -0.2) is 0 Å². The third-order valence-corrected chi connectivity index (χ3v) is 3.74. The second kappa shape index (κ2) is 5.41. The first-order valence-corrected chi connectivity index (χ1v) is 6.58. The summed E-state index contributed by atoms with van der Waals surface area (Å²) in [6.07, 6.45) is 0.715. The van der Waals surface area contributed by atoms with E-state index in [-0.39, 0.29) is 18.2 Å². The van der Waals surface area contributed by atoms with Crippen molar-refractivity contribution in [3.63, 3.8) is 0 Å². The lowest BCUT2D eigenvalue weighted by Crippen LogP contribution is -2.39. The van der Waals surface area contributed by atoms with E-state index in [9.17, 15) is 9.59 Å². The van der Waals surface area contributed by atoms with Crippen molar-refractivity contribution in [2.45, 2.75) is 11.3 Å². The maximum Gasteiger partial charge on any atom is 0.323 e. The monoisotopic (exact) mass is 266 g/mol. The topological polar surface area (TPSA) is 83.6 Å². The fourth-order valence-electron chi connectivity index (χ4n) is 1.88. The maximum atomic E-state index is 11.8. The van der Waals surface area contributed by atoms with Crippen LogP contribution in [0.2, 0.25) is 0 Å². The van der Waals surface area contributed by atoms with Crippen LogP contribution in [-0.4, -0.2) is 35.8 Å². The number of carboxylic acid groups (broad SMARTS) is 1. The summed E-state index contributed by atoms with van der Waals surface area (Å²) in [6.45, 7) is 0.233. The maximum absolute atomic E-state index is 11.8. The predicted octanol–water partition coefficient (Wildman–Crippen LogP) is 0.711. The summed E-state index contributed by atoms with van der Waals surface area (Å²) in [7, 11) is 0. The van der Waals surface area contributed by atoms with Gasteiger partial charge in [0.05, 0.1) is 11.4 Å². The van der Waals surface area contributed by atoms with E-state index in [0.717, 1.165) is 10.5 Å². The van der Waals surface area contributed by atoms with Crippen molar-refractivity contribution in [3.05, 3.63) is 23.8 Å². The molecule has 3 N–H and O–H groups in total. The van der Waals surface area contributed by atoms with Crippen LogP contribution in [0.1, 0.15) is 5.56 Å². The first kappa shape index (κ1) is 12.9. The second-order valence-electron chi connectivity index (χ2n) is 4.00. The summed E-state index contributed by atoms with van der Waals surface area (Å²) in [6, 6.07) is 5.74. The molecule has 1 heterocycles. The molecular weight excluding hydrogens is 252 g/mol. The summed E-state index contributed by atoms with van der Waals surface area (Å²) < 4.78 is 0. The molecule has 0 unspecified atom stereocenters. The molecule has 6 heteroatoms. The molecule has 0 saturated carbocycles. The lowest BCUT2D eigenvalue weighted by atomic mass is 10.1. The molecule has 5 nitrogen and oxygen atoms in total. The van der Waals surface area contributed by atoms with Crippen LogP contribution in [0.15, 0.2) is 23.1 Å². The summed E-state index contributed by atoms with van der Waals surface area (Å²) in [5, 5.41) is 8.86. The van der Waals surface area contributed by atoms with E-state index in [2.05, 4.69) is 0 Å². The first-order valence-electron chi connectivity index (χ1n) is 5.60. The fourth-order valence-corrected chi connectivity index (χ4v) is 2.79. The van der Waals surface area contributed by atoms with E-state index in [1.165, 1.54) is 16.7 Å². The number of thioether (sulfide) groups is 1. The van der Waals surface area contributed by atoms with Crippen molar-refractivity contribution in [2.24, 2.45) is 5.73 Å². The Morgan fingerprint density at radius 1 is 1.50 bits per heavy atom. The van der Waals surface area contributed by atoms with Gasteiger partial charge in [0.1, 0.15) is 6.54 Å². The zero-order valence-electron chi connectivity index (χ0n) is 9.76. The molecule has 1 amide bonds. The zero-order valence-corrected chi connectivity index (χ0v) is 10.6. The summed E-state index contributed by atoms with van der Waals surface area (Å²) >= 11 is 1.44. The molecule has 96 valence electrons. The van der Waals surface area contributed by atoms with Gasteiger partial charge in [-0.15, -0.1) is 11.8 Å². The van der Waals surface area contributed by atoms with E-state index < -0.39 is 5.97 Å². The molecule has 1 aromatic rings. The molecule has 1 aliphatic heterocycles. The number of aliphatic carboxylic acids is 1. The second-order valence-corrected chi connectivity index (χ2v) is 5.02. The molecule has 0 aromatic heterocycles. The first-order chi connectivity index (χ1) is 8.61. The van der Waals surface area contributed by atoms with Crippen LogP contribution in [0.25, 0.3) is 0 Å². The number of nitrogens with two attached hydrogens (primary N) is 1. The highest BCUT2D eigenvalue weighted by molar-refractivity contribution is 8.00. The zero-order chi connectivity index (χ0) is 13.1. The van der Waals surface area contributed by atoms with Crippen LogP contribution in [0.4, 0.5) is 5.69 Å². The molecule has 1 aliphatic rings. The molecule has 1 aromatic carbocycles.